The Kier molecular flexibility index (Phi) is 5.68. The molecule has 0 unspecified atom stereocenters. The lowest BCUT2D eigenvalue weighted by molar-refractivity contribution is -0.134. The average Bonchev–Trinajstić information content (AvgIpc) is 2.74. The zero-order valence-electron chi connectivity index (χ0n) is 15.1. The molecule has 2 aromatic carbocycles. The summed E-state index contributed by atoms with van der Waals surface area (Å²) in [6.45, 7) is 1.19. The molecule has 1 saturated heterocycles. The van der Waals surface area contributed by atoms with Crippen LogP contribution in [0.5, 0.6) is 0 Å². The molecule has 1 fully saturated rings. The van der Waals surface area contributed by atoms with Crippen LogP contribution in [0.2, 0.25) is 0 Å². The van der Waals surface area contributed by atoms with Gasteiger partial charge in [-0.2, -0.15) is 5.26 Å². The zero-order valence-corrected chi connectivity index (χ0v) is 15.1. The minimum Gasteiger partial charge on any atom is -0.466 e. The third-order valence-electron chi connectivity index (χ3n) is 4.70. The van der Waals surface area contributed by atoms with E-state index < -0.39 is 0 Å². The smallest absolute Gasteiger partial charge is 0.330 e. The predicted molar refractivity (Wildman–Crippen MR) is 102 cm³/mol. The van der Waals surface area contributed by atoms with Crippen LogP contribution in [0.4, 0.5) is 0 Å². The Labute approximate surface area is 158 Å². The van der Waals surface area contributed by atoms with Crippen molar-refractivity contribution in [1.29, 1.82) is 5.26 Å². The highest BCUT2D eigenvalue weighted by Crippen LogP contribution is 2.22. The van der Waals surface area contributed by atoms with E-state index in [-0.39, 0.29) is 11.9 Å². The second-order valence-corrected chi connectivity index (χ2v) is 6.38. The van der Waals surface area contributed by atoms with Gasteiger partial charge in [-0.05, 0) is 48.2 Å². The van der Waals surface area contributed by atoms with Gasteiger partial charge < -0.3 is 9.64 Å². The predicted octanol–water partition coefficient (Wildman–Crippen LogP) is 3.56. The van der Waals surface area contributed by atoms with Gasteiger partial charge in [-0.3, -0.25) is 4.79 Å². The first-order valence-electron chi connectivity index (χ1n) is 8.78. The van der Waals surface area contributed by atoms with Gasteiger partial charge in [0.1, 0.15) is 0 Å². The summed E-state index contributed by atoms with van der Waals surface area (Å²) in [5, 5.41) is 8.87. The Morgan fingerprint density at radius 3 is 2.07 bits per heavy atom. The van der Waals surface area contributed by atoms with Crippen molar-refractivity contribution < 1.29 is 14.3 Å². The molecule has 136 valence electrons. The number of methoxy groups -OCH3 is 1. The number of piperidine rings is 1. The number of carbonyl (C=O) groups is 2. The first-order chi connectivity index (χ1) is 13.1. The van der Waals surface area contributed by atoms with E-state index in [1.54, 1.807) is 12.1 Å². The number of hydrogen-bond acceptors (Lipinski definition) is 4. The van der Waals surface area contributed by atoms with Gasteiger partial charge in [0.05, 0.1) is 18.7 Å². The van der Waals surface area contributed by atoms with Gasteiger partial charge >= 0.3 is 5.97 Å². The van der Waals surface area contributed by atoms with Crippen LogP contribution in [0.25, 0.3) is 11.1 Å². The number of ether oxygens (including phenoxy) is 1. The summed E-state index contributed by atoms with van der Waals surface area (Å²) in [5.41, 5.74) is 4.28. The molecular formula is C22H20N2O3. The summed E-state index contributed by atoms with van der Waals surface area (Å²) < 4.78 is 4.65. The molecule has 3 rings (SSSR count). The van der Waals surface area contributed by atoms with Crippen LogP contribution >= 0.6 is 0 Å². The van der Waals surface area contributed by atoms with Gasteiger partial charge in [0, 0.05) is 24.7 Å². The van der Waals surface area contributed by atoms with Crippen molar-refractivity contribution in [2.75, 3.05) is 20.2 Å². The number of carbonyl (C=O) groups excluding carboxylic acids is 2. The first-order valence-corrected chi connectivity index (χ1v) is 8.78. The Hall–Kier alpha value is -3.39. The van der Waals surface area contributed by atoms with Gasteiger partial charge in [-0.25, -0.2) is 4.79 Å². The summed E-state index contributed by atoms with van der Waals surface area (Å²) in [7, 11) is 1.36. The summed E-state index contributed by atoms with van der Waals surface area (Å²) in [5.74, 6) is -0.346. The molecule has 0 bridgehead atoms. The van der Waals surface area contributed by atoms with Gasteiger partial charge in [0.15, 0.2) is 0 Å². The van der Waals surface area contributed by atoms with E-state index in [4.69, 9.17) is 5.26 Å². The molecule has 0 aromatic heterocycles. The van der Waals surface area contributed by atoms with E-state index in [9.17, 15) is 9.59 Å². The van der Waals surface area contributed by atoms with Crippen LogP contribution in [0.15, 0.2) is 60.2 Å². The maximum Gasteiger partial charge on any atom is 0.330 e. The van der Waals surface area contributed by atoms with Crippen LogP contribution < -0.4 is 0 Å². The third kappa shape index (κ3) is 4.42. The molecule has 2 aromatic rings. The van der Waals surface area contributed by atoms with Crippen molar-refractivity contribution in [3.05, 3.63) is 71.3 Å². The zero-order chi connectivity index (χ0) is 19.2. The molecule has 5 heteroatoms. The molecule has 0 saturated carbocycles. The normalized spacial score (nSPS) is 13.6. The summed E-state index contributed by atoms with van der Waals surface area (Å²) in [6.07, 6.45) is 2.89. The lowest BCUT2D eigenvalue weighted by atomic mass is 10.0. The van der Waals surface area contributed by atoms with Crippen molar-refractivity contribution in [3.63, 3.8) is 0 Å². The lowest BCUT2D eigenvalue weighted by Crippen LogP contribution is -2.36. The second-order valence-electron chi connectivity index (χ2n) is 6.38. The number of nitrogens with zero attached hydrogens (tertiary/aromatic N) is 2. The monoisotopic (exact) mass is 360 g/mol. The molecule has 5 nitrogen and oxygen atoms in total. The maximum absolute atomic E-state index is 12.7. The summed E-state index contributed by atoms with van der Waals surface area (Å²) in [6, 6.07) is 17.0. The first kappa shape index (κ1) is 18.4. The van der Waals surface area contributed by atoms with Crippen molar-refractivity contribution >= 4 is 11.9 Å². The Morgan fingerprint density at radius 2 is 1.56 bits per heavy atom. The molecule has 1 aliphatic heterocycles. The van der Waals surface area contributed by atoms with Crippen LogP contribution in [-0.4, -0.2) is 37.0 Å². The fourth-order valence-corrected chi connectivity index (χ4v) is 3.09. The van der Waals surface area contributed by atoms with E-state index >= 15 is 0 Å². The second kappa shape index (κ2) is 8.33. The third-order valence-corrected chi connectivity index (χ3v) is 4.70. The molecule has 27 heavy (non-hydrogen) atoms. The minimum atomic E-state index is -0.344. The number of rotatable bonds is 3. The fraction of sp³-hybridized carbons (Fsp3) is 0.227. The van der Waals surface area contributed by atoms with Gasteiger partial charge in [0.2, 0.25) is 0 Å². The molecule has 0 N–H and O–H groups in total. The maximum atomic E-state index is 12.7. The van der Waals surface area contributed by atoms with E-state index in [1.807, 2.05) is 41.3 Å². The van der Waals surface area contributed by atoms with Crippen LogP contribution in [0.1, 0.15) is 28.8 Å². The minimum absolute atomic E-state index is 0.00139. The average molecular weight is 360 g/mol. The summed E-state index contributed by atoms with van der Waals surface area (Å²) >= 11 is 0. The van der Waals surface area contributed by atoms with E-state index in [0.717, 1.165) is 16.7 Å². The van der Waals surface area contributed by atoms with Gasteiger partial charge in [-0.1, -0.05) is 29.8 Å². The number of benzene rings is 2. The molecule has 1 amide bonds. The summed E-state index contributed by atoms with van der Waals surface area (Å²) in [4.78, 5) is 25.8. The number of amides is 1. The molecular weight excluding hydrogens is 340 g/mol. The quantitative estimate of drug-likeness (QED) is 0.620. The highest BCUT2D eigenvalue weighted by molar-refractivity contribution is 5.95. The number of nitriles is 1. The topological polar surface area (TPSA) is 70.4 Å². The molecule has 1 heterocycles. The number of likely N-dealkylation sites (tertiary alicyclic amines) is 1. The highest BCUT2D eigenvalue weighted by Gasteiger charge is 2.20. The Balaban J connectivity index is 1.65. The van der Waals surface area contributed by atoms with Gasteiger partial charge in [0.25, 0.3) is 5.91 Å². The fourth-order valence-electron chi connectivity index (χ4n) is 3.09. The van der Waals surface area contributed by atoms with Gasteiger partial charge in [-0.15, -0.1) is 0 Å². The van der Waals surface area contributed by atoms with Crippen LogP contribution in [0.3, 0.4) is 0 Å². The molecule has 1 aliphatic rings. The Bertz CT molecular complexity index is 896. The molecule has 0 spiro atoms. The standard InChI is InChI=1S/C22H20N2O3/c1-27-21(25)14-16-10-12-24(13-11-16)22(26)20-8-6-19(7-9-20)18-4-2-17(15-23)3-5-18/h2-9,14H,10-13H2,1H3. The molecule has 0 radical (unpaired) electrons. The van der Waals surface area contributed by atoms with E-state index in [2.05, 4.69) is 10.8 Å². The Morgan fingerprint density at radius 1 is 1.00 bits per heavy atom. The van der Waals surface area contributed by atoms with E-state index in [0.29, 0.717) is 37.1 Å². The van der Waals surface area contributed by atoms with Crippen molar-refractivity contribution in [3.8, 4) is 17.2 Å². The SMILES string of the molecule is COC(=O)C=C1CCN(C(=O)c2ccc(-c3ccc(C#N)cc3)cc2)CC1. The lowest BCUT2D eigenvalue weighted by Gasteiger charge is -2.28. The molecule has 0 aliphatic carbocycles. The van der Waals surface area contributed by atoms with Crippen LogP contribution in [0, 0.1) is 11.3 Å². The highest BCUT2D eigenvalue weighted by atomic mass is 16.5. The van der Waals surface area contributed by atoms with Crippen molar-refractivity contribution in [1.82, 2.24) is 4.90 Å². The van der Waals surface area contributed by atoms with Crippen LogP contribution in [-0.2, 0) is 9.53 Å². The largest absolute Gasteiger partial charge is 0.466 e. The van der Waals surface area contributed by atoms with Crippen molar-refractivity contribution in [2.45, 2.75) is 12.8 Å². The van der Waals surface area contributed by atoms with Crippen molar-refractivity contribution in [2.24, 2.45) is 0 Å². The number of esters is 1. The molecule has 0 atom stereocenters. The van der Waals surface area contributed by atoms with E-state index in [1.165, 1.54) is 13.2 Å². The number of hydrogen-bond donors (Lipinski definition) is 0.